The summed E-state index contributed by atoms with van der Waals surface area (Å²) in [7, 11) is 4.63. The van der Waals surface area contributed by atoms with Crippen LogP contribution in [0.1, 0.15) is 17.2 Å². The van der Waals surface area contributed by atoms with Crippen molar-refractivity contribution in [3.63, 3.8) is 0 Å². The van der Waals surface area contributed by atoms with Crippen molar-refractivity contribution >= 4 is 0 Å². The number of aliphatic hydroxyl groups excluding tert-OH is 1. The van der Waals surface area contributed by atoms with Gasteiger partial charge in [0.15, 0.2) is 23.0 Å². The largest absolute Gasteiger partial charge is 0.493 e. The van der Waals surface area contributed by atoms with E-state index in [4.69, 9.17) is 18.9 Å². The number of hydrogen-bond acceptors (Lipinski definition) is 5. The van der Waals surface area contributed by atoms with Crippen molar-refractivity contribution in [1.29, 1.82) is 0 Å². The molecule has 0 bridgehead atoms. The Balaban J connectivity index is 2.50. The third kappa shape index (κ3) is 4.18. The fourth-order valence-corrected chi connectivity index (χ4v) is 2.54. The average Bonchev–Trinajstić information content (AvgIpc) is 2.67. The van der Waals surface area contributed by atoms with E-state index in [9.17, 15) is 5.11 Å². The van der Waals surface area contributed by atoms with Crippen molar-refractivity contribution in [2.24, 2.45) is 0 Å². The summed E-state index contributed by atoms with van der Waals surface area (Å²) >= 11 is 0. The third-order valence-corrected chi connectivity index (χ3v) is 3.86. The number of allylic oxidation sites excluding steroid dienone is 1. The molecule has 0 saturated heterocycles. The van der Waals surface area contributed by atoms with E-state index in [1.165, 1.54) is 20.3 Å². The highest BCUT2D eigenvalue weighted by Gasteiger charge is 2.18. The normalized spacial score (nSPS) is 11.4. The molecule has 0 radical (unpaired) electrons. The molecule has 0 aliphatic rings. The second-order valence-corrected chi connectivity index (χ2v) is 5.52. The summed E-state index contributed by atoms with van der Waals surface area (Å²) in [6.45, 7) is 7.36. The quantitative estimate of drug-likeness (QED) is 0.673. The van der Waals surface area contributed by atoms with Crippen LogP contribution >= 0.6 is 0 Å². The van der Waals surface area contributed by atoms with E-state index >= 15 is 0 Å². The van der Waals surface area contributed by atoms with E-state index in [2.05, 4.69) is 13.2 Å². The van der Waals surface area contributed by atoms with Gasteiger partial charge in [0.25, 0.3) is 0 Å². The van der Waals surface area contributed by atoms with Gasteiger partial charge in [0.2, 0.25) is 5.75 Å². The minimum absolute atomic E-state index is 0.400. The van der Waals surface area contributed by atoms with Gasteiger partial charge < -0.3 is 24.1 Å². The van der Waals surface area contributed by atoms with Crippen LogP contribution in [0.2, 0.25) is 0 Å². The standard InChI is InChI=1S/C21H24O5/c1-6-8-14-9-10-17(18(11-14)23-3)26-20-13-15(16(22)7-2)12-19(24-4)21(20)25-5/h6-7,9-13,16,22H,1-2,8H2,3-5H3. The van der Waals surface area contributed by atoms with Crippen molar-refractivity contribution in [1.82, 2.24) is 0 Å². The van der Waals surface area contributed by atoms with Gasteiger partial charge in [0.1, 0.15) is 0 Å². The van der Waals surface area contributed by atoms with E-state index < -0.39 is 6.10 Å². The summed E-state index contributed by atoms with van der Waals surface area (Å²) in [4.78, 5) is 0. The Kier molecular flexibility index (Phi) is 6.69. The average molecular weight is 356 g/mol. The molecular weight excluding hydrogens is 332 g/mol. The topological polar surface area (TPSA) is 57.2 Å². The number of methoxy groups -OCH3 is 3. The molecule has 1 unspecified atom stereocenters. The molecule has 1 N–H and O–H groups in total. The molecule has 0 heterocycles. The maximum absolute atomic E-state index is 10.1. The smallest absolute Gasteiger partial charge is 0.203 e. The molecule has 2 aromatic carbocycles. The summed E-state index contributed by atoms with van der Waals surface area (Å²) in [5.41, 5.74) is 1.64. The lowest BCUT2D eigenvalue weighted by Crippen LogP contribution is -2.00. The number of ether oxygens (including phenoxy) is 4. The van der Waals surface area contributed by atoms with E-state index in [0.717, 1.165) is 12.0 Å². The first kappa shape index (κ1) is 19.4. The van der Waals surface area contributed by atoms with Crippen LogP contribution in [0, 0.1) is 0 Å². The Morgan fingerprint density at radius 3 is 2.19 bits per heavy atom. The molecule has 0 amide bonds. The SMILES string of the molecule is C=CCc1ccc(Oc2cc(C(O)C=C)cc(OC)c2OC)c(OC)c1. The van der Waals surface area contributed by atoms with E-state index in [-0.39, 0.29) is 0 Å². The van der Waals surface area contributed by atoms with Gasteiger partial charge in [-0.3, -0.25) is 0 Å². The minimum atomic E-state index is -0.853. The van der Waals surface area contributed by atoms with Crippen LogP contribution in [0.5, 0.6) is 28.7 Å². The molecule has 0 aromatic heterocycles. The van der Waals surface area contributed by atoms with Crippen molar-refractivity contribution in [3.05, 3.63) is 66.8 Å². The molecule has 26 heavy (non-hydrogen) atoms. The second-order valence-electron chi connectivity index (χ2n) is 5.52. The Morgan fingerprint density at radius 2 is 1.62 bits per heavy atom. The molecule has 2 rings (SSSR count). The van der Waals surface area contributed by atoms with E-state index in [1.54, 1.807) is 19.2 Å². The first-order valence-electron chi connectivity index (χ1n) is 8.10. The highest BCUT2D eigenvalue weighted by molar-refractivity contribution is 5.57. The molecule has 5 heteroatoms. The van der Waals surface area contributed by atoms with Crippen molar-refractivity contribution < 1.29 is 24.1 Å². The molecule has 0 fully saturated rings. The third-order valence-electron chi connectivity index (χ3n) is 3.86. The first-order valence-corrected chi connectivity index (χ1v) is 8.10. The number of aliphatic hydroxyl groups is 1. The fraction of sp³-hybridized carbons (Fsp3) is 0.238. The molecule has 2 aromatic rings. The zero-order valence-electron chi connectivity index (χ0n) is 15.3. The number of hydrogen-bond donors (Lipinski definition) is 1. The molecule has 0 spiro atoms. The summed E-state index contributed by atoms with van der Waals surface area (Å²) in [5, 5.41) is 10.1. The van der Waals surface area contributed by atoms with Crippen LogP contribution in [-0.2, 0) is 6.42 Å². The molecule has 1 atom stereocenters. The van der Waals surface area contributed by atoms with Gasteiger partial charge in [0.05, 0.1) is 27.4 Å². The Hall–Kier alpha value is -2.92. The molecule has 0 saturated carbocycles. The van der Waals surface area contributed by atoms with Gasteiger partial charge in [-0.05, 0) is 41.8 Å². The summed E-state index contributed by atoms with van der Waals surface area (Å²) < 4.78 is 22.3. The van der Waals surface area contributed by atoms with Crippen molar-refractivity contribution in [2.75, 3.05) is 21.3 Å². The maximum Gasteiger partial charge on any atom is 0.203 e. The van der Waals surface area contributed by atoms with Crippen LogP contribution < -0.4 is 18.9 Å². The molecule has 0 aliphatic heterocycles. The minimum Gasteiger partial charge on any atom is -0.493 e. The molecule has 138 valence electrons. The summed E-state index contributed by atoms with van der Waals surface area (Å²) in [5.74, 6) is 2.37. The molecular formula is C21H24O5. The second kappa shape index (κ2) is 8.97. The zero-order chi connectivity index (χ0) is 19.1. The fourth-order valence-electron chi connectivity index (χ4n) is 2.54. The number of rotatable bonds is 9. The Morgan fingerprint density at radius 1 is 0.923 bits per heavy atom. The van der Waals surface area contributed by atoms with Crippen LogP contribution in [0.3, 0.4) is 0 Å². The molecule has 0 aliphatic carbocycles. The van der Waals surface area contributed by atoms with Gasteiger partial charge in [-0.2, -0.15) is 0 Å². The van der Waals surface area contributed by atoms with Gasteiger partial charge >= 0.3 is 0 Å². The lowest BCUT2D eigenvalue weighted by molar-refractivity contribution is 0.227. The summed E-state index contributed by atoms with van der Waals surface area (Å²) in [6.07, 6.45) is 3.13. The Labute approximate surface area is 154 Å². The predicted octanol–water partition coefficient (Wildman–Crippen LogP) is 4.45. The van der Waals surface area contributed by atoms with Gasteiger partial charge in [-0.15, -0.1) is 13.2 Å². The van der Waals surface area contributed by atoms with E-state index in [1.807, 2.05) is 24.3 Å². The van der Waals surface area contributed by atoms with Crippen LogP contribution in [0.15, 0.2) is 55.6 Å². The van der Waals surface area contributed by atoms with Crippen molar-refractivity contribution in [2.45, 2.75) is 12.5 Å². The Bertz CT molecular complexity index is 782. The maximum atomic E-state index is 10.1. The van der Waals surface area contributed by atoms with E-state index in [0.29, 0.717) is 34.3 Å². The summed E-state index contributed by atoms with van der Waals surface area (Å²) in [6, 6.07) is 9.02. The van der Waals surface area contributed by atoms with Gasteiger partial charge in [-0.25, -0.2) is 0 Å². The van der Waals surface area contributed by atoms with Crippen LogP contribution in [0.4, 0.5) is 0 Å². The lowest BCUT2D eigenvalue weighted by Gasteiger charge is -2.18. The van der Waals surface area contributed by atoms with Gasteiger partial charge in [-0.1, -0.05) is 18.2 Å². The lowest BCUT2D eigenvalue weighted by atomic mass is 10.1. The number of benzene rings is 2. The van der Waals surface area contributed by atoms with Crippen LogP contribution in [-0.4, -0.2) is 26.4 Å². The predicted molar refractivity (Wildman–Crippen MR) is 102 cm³/mol. The zero-order valence-corrected chi connectivity index (χ0v) is 15.3. The highest BCUT2D eigenvalue weighted by Crippen LogP contribution is 2.44. The van der Waals surface area contributed by atoms with Gasteiger partial charge in [0, 0.05) is 0 Å². The first-order chi connectivity index (χ1) is 12.6. The monoisotopic (exact) mass is 356 g/mol. The van der Waals surface area contributed by atoms with Crippen LogP contribution in [0.25, 0.3) is 0 Å². The highest BCUT2D eigenvalue weighted by atomic mass is 16.5. The molecule has 5 nitrogen and oxygen atoms in total. The van der Waals surface area contributed by atoms with Crippen molar-refractivity contribution in [3.8, 4) is 28.7 Å².